The van der Waals surface area contributed by atoms with Gasteiger partial charge < -0.3 is 15.2 Å². The van der Waals surface area contributed by atoms with E-state index in [1.165, 1.54) is 0 Å². The third-order valence-corrected chi connectivity index (χ3v) is 6.52. The Labute approximate surface area is 177 Å². The molecule has 4 heterocycles. The van der Waals surface area contributed by atoms with Crippen molar-refractivity contribution in [3.63, 3.8) is 0 Å². The fourth-order valence-corrected chi connectivity index (χ4v) is 4.76. The lowest BCUT2D eigenvalue weighted by atomic mass is 10.0. The summed E-state index contributed by atoms with van der Waals surface area (Å²) >= 11 is 2.24. The van der Waals surface area contributed by atoms with Crippen LogP contribution in [0.25, 0.3) is 22.1 Å². The SMILES string of the molecule is O=C(CCC(F)(F)F)NC1CCCN(c2cc[nH]c3nnc4nccc4c23)C1I. The molecule has 0 bridgehead atoms. The summed E-state index contributed by atoms with van der Waals surface area (Å²) in [4.78, 5) is 21.5. The molecule has 0 aromatic carbocycles. The summed E-state index contributed by atoms with van der Waals surface area (Å²) in [7, 11) is 0. The second-order valence-corrected chi connectivity index (χ2v) is 8.24. The van der Waals surface area contributed by atoms with Crippen LogP contribution in [-0.4, -0.2) is 48.9 Å². The Morgan fingerprint density at radius 1 is 1.34 bits per heavy atom. The number of anilines is 1. The number of alkyl halides is 4. The first-order valence-corrected chi connectivity index (χ1v) is 10.4. The van der Waals surface area contributed by atoms with Gasteiger partial charge in [-0.05, 0) is 25.0 Å². The second kappa shape index (κ2) is 7.92. The van der Waals surface area contributed by atoms with Gasteiger partial charge in [0.15, 0.2) is 11.3 Å². The first-order valence-electron chi connectivity index (χ1n) is 9.19. The van der Waals surface area contributed by atoms with Crippen molar-refractivity contribution in [2.24, 2.45) is 0 Å². The summed E-state index contributed by atoms with van der Waals surface area (Å²) in [6, 6.07) is 3.58. The minimum Gasteiger partial charge on any atom is -0.357 e. The van der Waals surface area contributed by atoms with Gasteiger partial charge in [-0.3, -0.25) is 4.79 Å². The largest absolute Gasteiger partial charge is 0.389 e. The Bertz CT molecular complexity index is 1040. The summed E-state index contributed by atoms with van der Waals surface area (Å²) in [6.07, 6.45) is -1.01. The molecule has 0 spiro atoms. The van der Waals surface area contributed by atoms with Crippen LogP contribution in [0.2, 0.25) is 0 Å². The molecular weight excluding hydrogens is 500 g/mol. The van der Waals surface area contributed by atoms with Gasteiger partial charge in [0.2, 0.25) is 5.91 Å². The van der Waals surface area contributed by atoms with E-state index in [4.69, 9.17) is 0 Å². The standard InChI is InChI=1S/C18H18F3IN6O/c19-18(20,21)6-3-13(29)25-11-2-1-9-28(15(11)22)12-5-8-24-17-14(12)10-4-7-23-16(10)26-27-17/h4-5,7-8,11,15H,1-3,6,9H2,(H,24,27)(H,25,29). The minimum absolute atomic E-state index is 0.118. The fraction of sp³-hybridized carbons (Fsp3) is 0.444. The minimum atomic E-state index is -4.33. The second-order valence-electron chi connectivity index (χ2n) is 6.97. The van der Waals surface area contributed by atoms with Gasteiger partial charge in [0, 0.05) is 30.7 Å². The van der Waals surface area contributed by atoms with Gasteiger partial charge in [0.1, 0.15) is 4.05 Å². The van der Waals surface area contributed by atoms with Gasteiger partial charge >= 0.3 is 6.18 Å². The lowest BCUT2D eigenvalue weighted by molar-refractivity contribution is -0.144. The number of fused-ring (bicyclic) bond motifs is 3. The first-order chi connectivity index (χ1) is 13.8. The quantitative estimate of drug-likeness (QED) is 0.313. The van der Waals surface area contributed by atoms with Crippen LogP contribution in [0.3, 0.4) is 0 Å². The molecule has 2 unspecified atom stereocenters. The Balaban J connectivity index is 1.59. The number of halogens is 4. The van der Waals surface area contributed by atoms with Crippen molar-refractivity contribution < 1.29 is 18.0 Å². The number of hydrogen-bond acceptors (Lipinski definition) is 5. The number of piperidine rings is 1. The van der Waals surface area contributed by atoms with Crippen molar-refractivity contribution in [3.05, 3.63) is 24.5 Å². The van der Waals surface area contributed by atoms with Gasteiger partial charge in [-0.1, -0.05) is 22.6 Å². The van der Waals surface area contributed by atoms with E-state index in [1.807, 2.05) is 12.1 Å². The molecule has 29 heavy (non-hydrogen) atoms. The number of amides is 1. The van der Waals surface area contributed by atoms with Gasteiger partial charge in [0.25, 0.3) is 0 Å². The first kappa shape index (κ1) is 20.1. The number of rotatable bonds is 4. The lowest BCUT2D eigenvalue weighted by Crippen LogP contribution is -2.52. The molecule has 0 saturated carbocycles. The normalized spacial score (nSPS) is 20.3. The number of nitrogens with one attached hydrogen (secondary N) is 2. The summed E-state index contributed by atoms with van der Waals surface area (Å²) in [5.74, 6) is -0.574. The number of aromatic nitrogens is 4. The highest BCUT2D eigenvalue weighted by atomic mass is 127. The Kier molecular flexibility index (Phi) is 5.49. The van der Waals surface area contributed by atoms with E-state index < -0.39 is 24.9 Å². The van der Waals surface area contributed by atoms with E-state index in [-0.39, 0.29) is 10.1 Å². The number of carbonyl (C=O) groups is 1. The molecule has 7 nitrogen and oxygen atoms in total. The van der Waals surface area contributed by atoms with Crippen LogP contribution in [0.5, 0.6) is 0 Å². The van der Waals surface area contributed by atoms with Gasteiger partial charge in [-0.2, -0.15) is 13.2 Å². The zero-order valence-corrected chi connectivity index (χ0v) is 17.4. The molecule has 1 saturated heterocycles. The maximum absolute atomic E-state index is 12.4. The smallest absolute Gasteiger partial charge is 0.357 e. The highest BCUT2D eigenvalue weighted by Gasteiger charge is 2.33. The molecule has 2 atom stereocenters. The number of nitrogens with zero attached hydrogens (tertiary/aromatic N) is 4. The monoisotopic (exact) mass is 518 g/mol. The summed E-state index contributed by atoms with van der Waals surface area (Å²) < 4.78 is 37.1. The highest BCUT2D eigenvalue weighted by Crippen LogP contribution is 2.35. The number of H-pyrrole nitrogens is 1. The predicted molar refractivity (Wildman–Crippen MR) is 111 cm³/mol. The predicted octanol–water partition coefficient (Wildman–Crippen LogP) is 3.69. The average molecular weight is 518 g/mol. The van der Waals surface area contributed by atoms with Crippen LogP contribution in [0.15, 0.2) is 24.5 Å². The van der Waals surface area contributed by atoms with Crippen LogP contribution < -0.4 is 10.2 Å². The maximum Gasteiger partial charge on any atom is 0.389 e. The molecular formula is C18H18F3IN6O. The van der Waals surface area contributed by atoms with Gasteiger partial charge in [-0.15, -0.1) is 10.2 Å². The maximum atomic E-state index is 12.4. The third kappa shape index (κ3) is 4.23. The summed E-state index contributed by atoms with van der Waals surface area (Å²) in [6.45, 7) is 0.763. The number of hydrogen-bond donors (Lipinski definition) is 2. The van der Waals surface area contributed by atoms with E-state index in [2.05, 4.69) is 53.0 Å². The topological polar surface area (TPSA) is 86.8 Å². The van der Waals surface area contributed by atoms with Crippen LogP contribution in [0, 0.1) is 0 Å². The molecule has 0 aliphatic carbocycles. The van der Waals surface area contributed by atoms with Crippen LogP contribution in [0.1, 0.15) is 25.7 Å². The van der Waals surface area contributed by atoms with Crippen molar-refractivity contribution in [2.75, 3.05) is 11.4 Å². The van der Waals surface area contributed by atoms with Crippen LogP contribution in [-0.2, 0) is 4.79 Å². The molecule has 2 N–H and O–H groups in total. The molecule has 3 aromatic rings. The zero-order valence-electron chi connectivity index (χ0n) is 15.2. The highest BCUT2D eigenvalue weighted by molar-refractivity contribution is 14.1. The lowest BCUT2D eigenvalue weighted by Gasteiger charge is -2.40. The molecule has 1 fully saturated rings. The molecule has 0 radical (unpaired) electrons. The zero-order chi connectivity index (χ0) is 20.6. The van der Waals surface area contributed by atoms with Gasteiger partial charge in [0.05, 0.1) is 23.5 Å². The van der Waals surface area contributed by atoms with Crippen molar-refractivity contribution in [1.29, 1.82) is 0 Å². The van der Waals surface area contributed by atoms with E-state index in [9.17, 15) is 18.0 Å². The molecule has 1 aliphatic heterocycles. The van der Waals surface area contributed by atoms with Crippen molar-refractivity contribution in [2.45, 2.75) is 41.9 Å². The van der Waals surface area contributed by atoms with Gasteiger partial charge in [-0.25, -0.2) is 4.98 Å². The van der Waals surface area contributed by atoms with Crippen LogP contribution in [0.4, 0.5) is 18.9 Å². The molecule has 4 rings (SSSR count). The molecule has 3 aromatic heterocycles. The van der Waals surface area contributed by atoms with E-state index >= 15 is 0 Å². The third-order valence-electron chi connectivity index (χ3n) is 4.98. The Hall–Kier alpha value is -2.18. The summed E-state index contributed by atoms with van der Waals surface area (Å²) in [5, 5.41) is 12.9. The Morgan fingerprint density at radius 2 is 2.17 bits per heavy atom. The van der Waals surface area contributed by atoms with E-state index in [0.29, 0.717) is 17.7 Å². The molecule has 11 heteroatoms. The van der Waals surface area contributed by atoms with Crippen molar-refractivity contribution in [3.8, 4) is 0 Å². The number of carbonyl (C=O) groups excluding carboxylic acids is 1. The van der Waals surface area contributed by atoms with Crippen molar-refractivity contribution in [1.82, 2.24) is 25.5 Å². The Morgan fingerprint density at radius 3 is 2.97 bits per heavy atom. The van der Waals surface area contributed by atoms with E-state index in [1.54, 1.807) is 12.4 Å². The summed E-state index contributed by atoms with van der Waals surface area (Å²) in [5.41, 5.74) is 2.11. The fourth-order valence-electron chi connectivity index (χ4n) is 3.65. The molecule has 1 aliphatic rings. The van der Waals surface area contributed by atoms with Crippen molar-refractivity contribution >= 4 is 56.3 Å². The van der Waals surface area contributed by atoms with E-state index in [0.717, 1.165) is 29.4 Å². The average Bonchev–Trinajstić information content (AvgIpc) is 3.16. The van der Waals surface area contributed by atoms with Crippen LogP contribution >= 0.6 is 22.6 Å². The molecule has 1 amide bonds. The number of aromatic amines is 1. The molecule has 154 valence electrons. The number of pyridine rings is 1.